The average molecular weight is 214 g/mol. The summed E-state index contributed by atoms with van der Waals surface area (Å²) < 4.78 is 0. The number of carbonyl (C=O) groups is 1. The van der Waals surface area contributed by atoms with Gasteiger partial charge in [0.25, 0.3) is 0 Å². The van der Waals surface area contributed by atoms with E-state index in [-0.39, 0.29) is 5.92 Å². The van der Waals surface area contributed by atoms with Gasteiger partial charge in [0.2, 0.25) is 0 Å². The second kappa shape index (κ2) is 4.35. The maximum atomic E-state index is 10.8. The highest BCUT2D eigenvalue weighted by molar-refractivity contribution is 5.86. The molecule has 0 aliphatic rings. The van der Waals surface area contributed by atoms with Crippen LogP contribution in [0.3, 0.4) is 0 Å². The predicted molar refractivity (Wildman–Crippen MR) is 64.5 cm³/mol. The molecule has 2 rings (SSSR count). The van der Waals surface area contributed by atoms with Gasteiger partial charge < -0.3 is 5.11 Å². The first-order valence-corrected chi connectivity index (χ1v) is 5.38. The fourth-order valence-electron chi connectivity index (χ4n) is 1.89. The van der Waals surface area contributed by atoms with Crippen LogP contribution in [0, 0.1) is 5.92 Å². The van der Waals surface area contributed by atoms with Gasteiger partial charge >= 0.3 is 5.97 Å². The van der Waals surface area contributed by atoms with E-state index in [1.165, 1.54) is 0 Å². The summed E-state index contributed by atoms with van der Waals surface area (Å²) in [6.45, 7) is 1.74. The van der Waals surface area contributed by atoms with Crippen LogP contribution in [-0.4, -0.2) is 11.1 Å². The van der Waals surface area contributed by atoms with E-state index in [1.807, 2.05) is 42.5 Å². The summed E-state index contributed by atoms with van der Waals surface area (Å²) in [5, 5.41) is 11.2. The van der Waals surface area contributed by atoms with E-state index in [0.29, 0.717) is 6.42 Å². The molecule has 0 fully saturated rings. The molecule has 16 heavy (non-hydrogen) atoms. The van der Waals surface area contributed by atoms with Gasteiger partial charge in [-0.3, -0.25) is 4.79 Å². The zero-order chi connectivity index (χ0) is 11.5. The van der Waals surface area contributed by atoms with E-state index in [0.717, 1.165) is 16.3 Å². The number of fused-ring (bicyclic) bond motifs is 1. The Labute approximate surface area is 94.5 Å². The van der Waals surface area contributed by atoms with Gasteiger partial charge in [-0.15, -0.1) is 0 Å². The van der Waals surface area contributed by atoms with Crippen LogP contribution in [0.4, 0.5) is 0 Å². The molecule has 0 amide bonds. The molecule has 2 heteroatoms. The van der Waals surface area contributed by atoms with E-state index < -0.39 is 5.97 Å². The zero-order valence-electron chi connectivity index (χ0n) is 9.18. The molecule has 0 saturated carbocycles. The van der Waals surface area contributed by atoms with Gasteiger partial charge in [0.05, 0.1) is 5.92 Å². The molecule has 0 saturated heterocycles. The fourth-order valence-corrected chi connectivity index (χ4v) is 1.89. The minimum Gasteiger partial charge on any atom is -0.481 e. The number of hydrogen-bond acceptors (Lipinski definition) is 1. The number of hydrogen-bond donors (Lipinski definition) is 1. The van der Waals surface area contributed by atoms with Gasteiger partial charge in [0.1, 0.15) is 0 Å². The van der Waals surface area contributed by atoms with Gasteiger partial charge in [0, 0.05) is 0 Å². The zero-order valence-corrected chi connectivity index (χ0v) is 9.18. The third-order valence-corrected chi connectivity index (χ3v) is 2.83. The lowest BCUT2D eigenvalue weighted by Crippen LogP contribution is -2.12. The molecular weight excluding hydrogens is 200 g/mol. The Morgan fingerprint density at radius 1 is 1.19 bits per heavy atom. The van der Waals surface area contributed by atoms with Gasteiger partial charge in [-0.05, 0) is 22.8 Å². The van der Waals surface area contributed by atoms with Crippen LogP contribution < -0.4 is 0 Å². The molecule has 0 aromatic heterocycles. The Kier molecular flexibility index (Phi) is 2.91. The third kappa shape index (κ3) is 2.06. The highest BCUT2D eigenvalue weighted by Crippen LogP contribution is 2.21. The number of aliphatic carboxylic acids is 1. The van der Waals surface area contributed by atoms with Crippen LogP contribution in [0.25, 0.3) is 10.8 Å². The Balaban J connectivity index is 2.41. The molecule has 0 heterocycles. The molecule has 82 valence electrons. The van der Waals surface area contributed by atoms with Crippen LogP contribution in [-0.2, 0) is 11.2 Å². The van der Waals surface area contributed by atoms with E-state index in [2.05, 4.69) is 0 Å². The molecule has 0 bridgehead atoms. The number of carboxylic acid groups (broad SMARTS) is 1. The second-order valence-electron chi connectivity index (χ2n) is 4.08. The average Bonchev–Trinajstić information content (AvgIpc) is 2.29. The molecule has 1 atom stereocenters. The molecule has 0 aliphatic carbocycles. The van der Waals surface area contributed by atoms with Crippen molar-refractivity contribution in [3.63, 3.8) is 0 Å². The maximum absolute atomic E-state index is 10.8. The largest absolute Gasteiger partial charge is 0.481 e. The Bertz CT molecular complexity index is 512. The predicted octanol–water partition coefficient (Wildman–Crippen LogP) is 3.10. The third-order valence-electron chi connectivity index (χ3n) is 2.83. The van der Waals surface area contributed by atoms with Crippen molar-refractivity contribution < 1.29 is 9.90 Å². The molecule has 2 aromatic rings. The first-order valence-electron chi connectivity index (χ1n) is 5.38. The van der Waals surface area contributed by atoms with E-state index in [4.69, 9.17) is 5.11 Å². The molecule has 2 aromatic carbocycles. The van der Waals surface area contributed by atoms with Crippen molar-refractivity contribution in [3.8, 4) is 0 Å². The van der Waals surface area contributed by atoms with Crippen molar-refractivity contribution in [2.24, 2.45) is 5.92 Å². The molecule has 1 unspecified atom stereocenters. The van der Waals surface area contributed by atoms with Gasteiger partial charge in [0.15, 0.2) is 0 Å². The van der Waals surface area contributed by atoms with Crippen molar-refractivity contribution >= 4 is 16.7 Å². The Hall–Kier alpha value is -1.83. The first kappa shape index (κ1) is 10.7. The van der Waals surface area contributed by atoms with Crippen molar-refractivity contribution in [1.82, 2.24) is 0 Å². The highest BCUT2D eigenvalue weighted by atomic mass is 16.4. The maximum Gasteiger partial charge on any atom is 0.306 e. The summed E-state index contributed by atoms with van der Waals surface area (Å²) >= 11 is 0. The lowest BCUT2D eigenvalue weighted by molar-refractivity contribution is -0.141. The van der Waals surface area contributed by atoms with Crippen molar-refractivity contribution in [2.45, 2.75) is 13.3 Å². The van der Waals surface area contributed by atoms with Crippen LogP contribution in [0.5, 0.6) is 0 Å². The SMILES string of the molecule is CC(Cc1cccc2ccccc12)C(=O)O. The first-order chi connectivity index (χ1) is 7.68. The van der Waals surface area contributed by atoms with Crippen molar-refractivity contribution in [1.29, 1.82) is 0 Å². The summed E-state index contributed by atoms with van der Waals surface area (Å²) in [5.74, 6) is -1.08. The fraction of sp³-hybridized carbons (Fsp3) is 0.214. The number of carboxylic acids is 1. The normalized spacial score (nSPS) is 12.6. The molecule has 0 radical (unpaired) electrons. The molecule has 0 aliphatic heterocycles. The van der Waals surface area contributed by atoms with Gasteiger partial charge in [-0.25, -0.2) is 0 Å². The molecule has 2 nitrogen and oxygen atoms in total. The lowest BCUT2D eigenvalue weighted by atomic mass is 9.96. The standard InChI is InChI=1S/C14H14O2/c1-10(14(15)16)9-12-7-4-6-11-5-2-3-8-13(11)12/h2-8,10H,9H2,1H3,(H,15,16). The van der Waals surface area contributed by atoms with Crippen molar-refractivity contribution in [3.05, 3.63) is 48.0 Å². The van der Waals surface area contributed by atoms with Crippen molar-refractivity contribution in [2.75, 3.05) is 0 Å². The molecule has 1 N–H and O–H groups in total. The summed E-state index contributed by atoms with van der Waals surface area (Å²) in [7, 11) is 0. The monoisotopic (exact) mass is 214 g/mol. The molecular formula is C14H14O2. The van der Waals surface area contributed by atoms with E-state index in [9.17, 15) is 4.79 Å². The Morgan fingerprint density at radius 3 is 2.62 bits per heavy atom. The minimum atomic E-state index is -0.743. The quantitative estimate of drug-likeness (QED) is 0.852. The van der Waals surface area contributed by atoms with E-state index in [1.54, 1.807) is 6.92 Å². The van der Waals surface area contributed by atoms with Crippen LogP contribution in [0.1, 0.15) is 12.5 Å². The van der Waals surface area contributed by atoms with Crippen LogP contribution in [0.2, 0.25) is 0 Å². The topological polar surface area (TPSA) is 37.3 Å². The van der Waals surface area contributed by atoms with Crippen LogP contribution in [0.15, 0.2) is 42.5 Å². The second-order valence-corrected chi connectivity index (χ2v) is 4.08. The smallest absolute Gasteiger partial charge is 0.306 e. The summed E-state index contributed by atoms with van der Waals surface area (Å²) in [6.07, 6.45) is 0.580. The highest BCUT2D eigenvalue weighted by Gasteiger charge is 2.12. The Morgan fingerprint density at radius 2 is 1.88 bits per heavy atom. The number of rotatable bonds is 3. The summed E-state index contributed by atoms with van der Waals surface area (Å²) in [4.78, 5) is 10.8. The lowest BCUT2D eigenvalue weighted by Gasteiger charge is -2.09. The van der Waals surface area contributed by atoms with E-state index >= 15 is 0 Å². The summed E-state index contributed by atoms with van der Waals surface area (Å²) in [5.41, 5.74) is 1.10. The summed E-state index contributed by atoms with van der Waals surface area (Å²) in [6, 6.07) is 14.1. The molecule has 0 spiro atoms. The van der Waals surface area contributed by atoms with Crippen LogP contribution >= 0.6 is 0 Å². The minimum absolute atomic E-state index is 0.342. The van der Waals surface area contributed by atoms with Gasteiger partial charge in [-0.1, -0.05) is 49.4 Å². The van der Waals surface area contributed by atoms with Gasteiger partial charge in [-0.2, -0.15) is 0 Å². The number of benzene rings is 2.